The second-order valence-corrected chi connectivity index (χ2v) is 12.4. The number of hydrogen-bond acceptors (Lipinski definition) is 10. The Morgan fingerprint density at radius 3 is 2.54 bits per heavy atom. The number of alkyl halides is 3. The monoisotopic (exact) mass is 662 g/mol. The highest BCUT2D eigenvalue weighted by Gasteiger charge is 2.35. The van der Waals surface area contributed by atoms with Crippen LogP contribution < -0.4 is 25.0 Å². The Hall–Kier alpha value is -4.93. The number of aromatic nitrogens is 3. The molecule has 3 aromatic rings. The zero-order valence-electron chi connectivity index (χ0n) is 25.3. The number of methoxy groups -OCH3 is 1. The van der Waals surface area contributed by atoms with Gasteiger partial charge in [0.05, 0.1) is 19.1 Å². The highest BCUT2D eigenvalue weighted by molar-refractivity contribution is 7.92. The lowest BCUT2D eigenvalue weighted by atomic mass is 10.0. The molecule has 3 N–H and O–H groups in total. The number of carbonyl (C=O) groups excluding carboxylic acids is 2. The number of hydrogen-bond donors (Lipinski definition) is 3. The third-order valence-corrected chi connectivity index (χ3v) is 8.40. The van der Waals surface area contributed by atoms with Gasteiger partial charge in [0.15, 0.2) is 0 Å². The summed E-state index contributed by atoms with van der Waals surface area (Å²) < 4.78 is 72.0. The summed E-state index contributed by atoms with van der Waals surface area (Å²) in [5.41, 5.74) is -0.263. The number of rotatable bonds is 11. The van der Waals surface area contributed by atoms with Crippen LogP contribution in [0.3, 0.4) is 0 Å². The molecule has 1 fully saturated rings. The minimum absolute atomic E-state index is 0.0422. The summed E-state index contributed by atoms with van der Waals surface area (Å²) in [5.74, 6) is -1.02. The molecule has 0 bridgehead atoms. The number of amides is 2. The van der Waals surface area contributed by atoms with Gasteiger partial charge in [0.2, 0.25) is 21.9 Å². The molecule has 0 spiro atoms. The van der Waals surface area contributed by atoms with Gasteiger partial charge in [0.1, 0.15) is 22.9 Å². The van der Waals surface area contributed by atoms with Crippen molar-refractivity contribution in [1.82, 2.24) is 25.2 Å². The molecule has 46 heavy (non-hydrogen) atoms. The molecule has 0 aliphatic carbocycles. The van der Waals surface area contributed by atoms with Gasteiger partial charge in [-0.1, -0.05) is 12.6 Å². The van der Waals surface area contributed by atoms with E-state index in [1.165, 1.54) is 56.8 Å². The Morgan fingerprint density at radius 1 is 1.20 bits per heavy atom. The van der Waals surface area contributed by atoms with Crippen LogP contribution in [-0.4, -0.2) is 79.6 Å². The molecule has 3 heterocycles. The van der Waals surface area contributed by atoms with Gasteiger partial charge < -0.3 is 25.6 Å². The normalized spacial score (nSPS) is 13.9. The third-order valence-electron chi connectivity index (χ3n) is 7.23. The average Bonchev–Trinajstić information content (AvgIpc) is 3.02. The first-order chi connectivity index (χ1) is 21.7. The van der Waals surface area contributed by atoms with Crippen molar-refractivity contribution >= 4 is 45.1 Å². The van der Waals surface area contributed by atoms with E-state index in [-0.39, 0.29) is 53.2 Å². The van der Waals surface area contributed by atoms with Gasteiger partial charge in [-0.3, -0.25) is 13.9 Å². The average molecular weight is 663 g/mol. The van der Waals surface area contributed by atoms with Crippen molar-refractivity contribution in [2.24, 2.45) is 0 Å². The first kappa shape index (κ1) is 34.0. The number of ether oxygens (including phenoxy) is 1. The summed E-state index contributed by atoms with van der Waals surface area (Å²) in [5, 5.41) is 8.40. The molecule has 1 aromatic carbocycles. The van der Waals surface area contributed by atoms with Crippen LogP contribution in [0.25, 0.3) is 0 Å². The fourth-order valence-corrected chi connectivity index (χ4v) is 5.15. The lowest BCUT2D eigenvalue weighted by Gasteiger charge is -2.31. The van der Waals surface area contributed by atoms with Gasteiger partial charge in [0, 0.05) is 56.2 Å². The van der Waals surface area contributed by atoms with Crippen molar-refractivity contribution in [3.05, 3.63) is 72.1 Å². The third kappa shape index (κ3) is 8.21. The summed E-state index contributed by atoms with van der Waals surface area (Å²) >= 11 is 0. The van der Waals surface area contributed by atoms with Crippen LogP contribution in [0.5, 0.6) is 5.75 Å². The molecule has 246 valence electrons. The first-order valence-electron chi connectivity index (χ1n) is 13.9. The smallest absolute Gasteiger partial charge is 0.421 e. The minimum Gasteiger partial charge on any atom is -0.495 e. The molecule has 1 aliphatic rings. The standard InChI is InChI=1S/C29H33F3N8O5S/c1-5-24(41)40-13-10-20(11-14-40)36-27(42)18-8-9-22(23(15-18)45-3)37-28-35-17-21(29(30,31)32)25(38-28)34-16-19-7-6-12-33-26(19)39(2)46(4,43)44/h5-9,12,15,17,20H,1,10-11,13-14,16H2,2-4H3,(H,36,42)(H2,34,35,37,38). The van der Waals surface area contributed by atoms with Crippen LogP contribution in [0.1, 0.15) is 34.3 Å². The first-order valence-corrected chi connectivity index (χ1v) is 15.8. The van der Waals surface area contributed by atoms with Gasteiger partial charge in [-0.25, -0.2) is 18.4 Å². The number of carbonyl (C=O) groups is 2. The number of pyridine rings is 1. The van der Waals surface area contributed by atoms with Crippen molar-refractivity contribution in [2.45, 2.75) is 31.6 Å². The van der Waals surface area contributed by atoms with E-state index in [0.29, 0.717) is 37.7 Å². The zero-order chi connectivity index (χ0) is 33.6. The Kier molecular flexibility index (Phi) is 10.3. The second kappa shape index (κ2) is 14.0. The number of nitrogens with one attached hydrogen (secondary N) is 3. The zero-order valence-corrected chi connectivity index (χ0v) is 26.1. The maximum absolute atomic E-state index is 13.9. The number of likely N-dealkylation sites (tertiary alicyclic amines) is 1. The molecule has 13 nitrogen and oxygen atoms in total. The lowest BCUT2D eigenvalue weighted by Crippen LogP contribution is -2.46. The lowest BCUT2D eigenvalue weighted by molar-refractivity contribution is -0.137. The molecule has 0 saturated carbocycles. The maximum atomic E-state index is 13.9. The van der Waals surface area contributed by atoms with E-state index in [9.17, 15) is 31.2 Å². The molecular weight excluding hydrogens is 629 g/mol. The van der Waals surface area contributed by atoms with Crippen molar-refractivity contribution in [3.63, 3.8) is 0 Å². The van der Waals surface area contributed by atoms with E-state index < -0.39 is 27.6 Å². The van der Waals surface area contributed by atoms with E-state index in [0.717, 1.165) is 10.6 Å². The van der Waals surface area contributed by atoms with Crippen LogP contribution >= 0.6 is 0 Å². The van der Waals surface area contributed by atoms with Gasteiger partial charge >= 0.3 is 6.18 Å². The molecule has 0 atom stereocenters. The molecule has 4 rings (SSSR count). The summed E-state index contributed by atoms with van der Waals surface area (Å²) in [6.45, 7) is 4.24. The molecule has 0 radical (unpaired) electrons. The number of nitrogens with zero attached hydrogens (tertiary/aromatic N) is 5. The predicted octanol–water partition coefficient (Wildman–Crippen LogP) is 3.56. The molecule has 1 saturated heterocycles. The molecule has 0 unspecified atom stereocenters. The summed E-state index contributed by atoms with van der Waals surface area (Å²) in [4.78, 5) is 38.3. The summed E-state index contributed by atoms with van der Waals surface area (Å²) in [6, 6.07) is 7.42. The fraction of sp³-hybridized carbons (Fsp3) is 0.345. The molecule has 17 heteroatoms. The molecule has 2 aromatic heterocycles. The number of benzene rings is 1. The minimum atomic E-state index is -4.80. The SMILES string of the molecule is C=CC(=O)N1CCC(NC(=O)c2ccc(Nc3ncc(C(F)(F)F)c(NCc4cccnc4N(C)S(C)(=O)=O)n3)c(OC)c2)CC1. The van der Waals surface area contributed by atoms with Gasteiger partial charge in [-0.15, -0.1) is 0 Å². The number of sulfonamides is 1. The van der Waals surface area contributed by atoms with Crippen LogP contribution in [0.2, 0.25) is 0 Å². The van der Waals surface area contributed by atoms with Gasteiger partial charge in [-0.05, 0) is 43.2 Å². The van der Waals surface area contributed by atoms with Crippen LogP contribution in [0.15, 0.2) is 55.4 Å². The van der Waals surface area contributed by atoms with Crippen LogP contribution in [0.4, 0.5) is 36.4 Å². The fourth-order valence-electron chi connectivity index (χ4n) is 4.67. The van der Waals surface area contributed by atoms with Crippen LogP contribution in [0, 0.1) is 0 Å². The van der Waals surface area contributed by atoms with E-state index in [2.05, 4.69) is 37.5 Å². The van der Waals surface area contributed by atoms with Crippen LogP contribution in [-0.2, 0) is 27.5 Å². The summed E-state index contributed by atoms with van der Waals surface area (Å²) in [7, 11) is -1.03. The molecular formula is C29H33F3N8O5S. The second-order valence-electron chi connectivity index (χ2n) is 10.3. The molecule has 2 amide bonds. The van der Waals surface area contributed by atoms with E-state index in [4.69, 9.17) is 4.74 Å². The predicted molar refractivity (Wildman–Crippen MR) is 165 cm³/mol. The molecule has 1 aliphatic heterocycles. The van der Waals surface area contributed by atoms with E-state index >= 15 is 0 Å². The van der Waals surface area contributed by atoms with Gasteiger partial charge in [0.25, 0.3) is 5.91 Å². The maximum Gasteiger partial charge on any atom is 0.421 e. The highest BCUT2D eigenvalue weighted by Crippen LogP contribution is 2.35. The largest absolute Gasteiger partial charge is 0.495 e. The Bertz CT molecular complexity index is 1710. The quantitative estimate of drug-likeness (QED) is 0.259. The highest BCUT2D eigenvalue weighted by atomic mass is 32.2. The summed E-state index contributed by atoms with van der Waals surface area (Å²) in [6.07, 6.45) is 0.594. The van der Waals surface area contributed by atoms with Crippen molar-refractivity contribution in [2.75, 3.05) is 48.4 Å². The van der Waals surface area contributed by atoms with E-state index in [1.807, 2.05) is 0 Å². The number of anilines is 4. The topological polar surface area (TPSA) is 159 Å². The van der Waals surface area contributed by atoms with Crippen molar-refractivity contribution in [1.29, 1.82) is 0 Å². The Balaban J connectivity index is 1.51. The van der Waals surface area contributed by atoms with Crippen molar-refractivity contribution in [3.8, 4) is 5.75 Å². The number of piperidine rings is 1. The Morgan fingerprint density at radius 2 is 1.91 bits per heavy atom. The number of halogens is 3. The van der Waals surface area contributed by atoms with E-state index in [1.54, 1.807) is 4.90 Å². The van der Waals surface area contributed by atoms with Gasteiger partial charge in [-0.2, -0.15) is 18.2 Å². The van der Waals surface area contributed by atoms with Crippen molar-refractivity contribution < 1.29 is 35.9 Å². The Labute approximate surface area is 263 Å².